The Hall–Kier alpha value is -2.53. The fourth-order valence-corrected chi connectivity index (χ4v) is 3.59. The zero-order valence-electron chi connectivity index (χ0n) is 12.0. The summed E-state index contributed by atoms with van der Waals surface area (Å²) in [5, 5.41) is 0.630. The first-order valence-corrected chi connectivity index (χ1v) is 7.90. The standard InChI is InChI=1S/C17H13N3OS/c1-2-10-3-5-11(6-4-10)13-12-7-8-20-22-16(12)14-15(13)18-9-19-17(14)21/h3-9H,2H2,1H3,(H,18,19,21). The number of hydrogen-bond donors (Lipinski definition) is 1. The second-order valence-corrected chi connectivity index (χ2v) is 5.94. The molecule has 0 unspecified atom stereocenters. The first-order valence-electron chi connectivity index (χ1n) is 7.12. The molecule has 1 N–H and O–H groups in total. The fourth-order valence-electron chi connectivity index (χ4n) is 2.82. The normalized spacial score (nSPS) is 11.3. The minimum atomic E-state index is -0.115. The minimum absolute atomic E-state index is 0.115. The van der Waals surface area contributed by atoms with Crippen LogP contribution in [0.4, 0.5) is 0 Å². The minimum Gasteiger partial charge on any atom is -0.313 e. The second kappa shape index (κ2) is 5.03. The predicted octanol–water partition coefficient (Wildman–Crippen LogP) is 3.71. The molecule has 0 fully saturated rings. The molecule has 2 aromatic rings. The summed E-state index contributed by atoms with van der Waals surface area (Å²) >= 11 is 1.33. The molecule has 0 spiro atoms. The van der Waals surface area contributed by atoms with E-state index in [0.717, 1.165) is 33.5 Å². The fraction of sp³-hybridized carbons (Fsp3) is 0.118. The highest BCUT2D eigenvalue weighted by atomic mass is 32.1. The first kappa shape index (κ1) is 13.2. The van der Waals surface area contributed by atoms with Gasteiger partial charge in [-0.1, -0.05) is 31.2 Å². The molecule has 0 atom stereocenters. The van der Waals surface area contributed by atoms with E-state index in [0.29, 0.717) is 5.39 Å². The van der Waals surface area contributed by atoms with Crippen LogP contribution in [0.15, 0.2) is 47.7 Å². The number of nitrogens with one attached hydrogen (secondary N) is 1. The van der Waals surface area contributed by atoms with Crippen molar-refractivity contribution in [3.63, 3.8) is 0 Å². The second-order valence-electron chi connectivity index (χ2n) is 5.14. The Morgan fingerprint density at radius 3 is 2.77 bits per heavy atom. The Kier molecular flexibility index (Phi) is 3.01. The van der Waals surface area contributed by atoms with Gasteiger partial charge in [0.1, 0.15) is 0 Å². The van der Waals surface area contributed by atoms with E-state index in [-0.39, 0.29) is 5.56 Å². The van der Waals surface area contributed by atoms with Crippen molar-refractivity contribution >= 4 is 22.4 Å². The molecule has 2 aliphatic rings. The molecule has 1 aliphatic carbocycles. The number of benzene rings is 1. The number of nitrogens with zero attached hydrogens (tertiary/aromatic N) is 2. The molecule has 2 heterocycles. The highest BCUT2D eigenvalue weighted by molar-refractivity contribution is 7.10. The molecule has 5 heteroatoms. The summed E-state index contributed by atoms with van der Waals surface area (Å²) in [6, 6.07) is 10.4. The number of rotatable bonds is 2. The molecule has 1 aliphatic heterocycles. The van der Waals surface area contributed by atoms with Gasteiger partial charge in [0.2, 0.25) is 0 Å². The van der Waals surface area contributed by atoms with Gasteiger partial charge in [0.15, 0.2) is 0 Å². The lowest BCUT2D eigenvalue weighted by Gasteiger charge is -2.04. The first-order chi connectivity index (χ1) is 10.8. The molecule has 108 valence electrons. The Labute approximate surface area is 131 Å². The third kappa shape index (κ3) is 1.86. The van der Waals surface area contributed by atoms with E-state index in [1.54, 1.807) is 6.20 Å². The molecule has 22 heavy (non-hydrogen) atoms. The summed E-state index contributed by atoms with van der Waals surface area (Å²) < 4.78 is 4.20. The van der Waals surface area contributed by atoms with Crippen molar-refractivity contribution in [3.8, 4) is 21.6 Å². The molecule has 0 radical (unpaired) electrons. The van der Waals surface area contributed by atoms with Crippen LogP contribution in [-0.2, 0) is 6.42 Å². The Bertz CT molecular complexity index is 985. The molecule has 4 rings (SSSR count). The van der Waals surface area contributed by atoms with Gasteiger partial charge in [-0.2, -0.15) is 0 Å². The van der Waals surface area contributed by atoms with Gasteiger partial charge in [-0.3, -0.25) is 4.79 Å². The molecule has 0 amide bonds. The third-order valence-corrected chi connectivity index (χ3v) is 4.76. The summed E-state index contributed by atoms with van der Waals surface area (Å²) in [6.07, 6.45) is 4.24. The highest BCUT2D eigenvalue weighted by Gasteiger charge is 2.22. The van der Waals surface area contributed by atoms with Gasteiger partial charge in [-0.25, -0.2) is 9.36 Å². The van der Waals surface area contributed by atoms with Crippen molar-refractivity contribution in [1.82, 2.24) is 14.3 Å². The number of hydrogen-bond acceptors (Lipinski definition) is 4. The molecule has 0 bridgehead atoms. The lowest BCUT2D eigenvalue weighted by atomic mass is 10.0. The SMILES string of the molecule is CCc1ccc(-c2c3ccnsc-3c3c(=O)[nH]cnc23)cc1. The average Bonchev–Trinajstić information content (AvgIpc) is 2.90. The maximum atomic E-state index is 12.2. The molecule has 1 aromatic carbocycles. The van der Waals surface area contributed by atoms with E-state index in [9.17, 15) is 4.79 Å². The van der Waals surface area contributed by atoms with Crippen LogP contribution in [0.5, 0.6) is 0 Å². The Balaban J connectivity index is 2.11. The van der Waals surface area contributed by atoms with Gasteiger partial charge in [-0.15, -0.1) is 0 Å². The molecule has 0 saturated heterocycles. The van der Waals surface area contributed by atoms with Gasteiger partial charge in [-0.05, 0) is 35.1 Å². The van der Waals surface area contributed by atoms with Crippen molar-refractivity contribution in [2.75, 3.05) is 0 Å². The molecular formula is C17H13N3OS. The van der Waals surface area contributed by atoms with Crippen molar-refractivity contribution in [1.29, 1.82) is 0 Å². The van der Waals surface area contributed by atoms with Crippen LogP contribution in [0.2, 0.25) is 0 Å². The van der Waals surface area contributed by atoms with Crippen LogP contribution in [0.25, 0.3) is 32.5 Å². The van der Waals surface area contributed by atoms with E-state index in [2.05, 4.69) is 45.5 Å². The maximum absolute atomic E-state index is 12.2. The smallest absolute Gasteiger partial charge is 0.260 e. The van der Waals surface area contributed by atoms with E-state index in [1.165, 1.54) is 23.4 Å². The van der Waals surface area contributed by atoms with Crippen LogP contribution in [-0.4, -0.2) is 14.3 Å². The third-order valence-electron chi connectivity index (χ3n) is 3.93. The topological polar surface area (TPSA) is 58.6 Å². The Morgan fingerprint density at radius 2 is 2.00 bits per heavy atom. The lowest BCUT2D eigenvalue weighted by Crippen LogP contribution is -2.04. The number of fused-ring (bicyclic) bond motifs is 3. The van der Waals surface area contributed by atoms with Crippen molar-refractivity contribution < 1.29 is 0 Å². The highest BCUT2D eigenvalue weighted by Crippen LogP contribution is 2.43. The molecule has 4 nitrogen and oxygen atoms in total. The van der Waals surface area contributed by atoms with Crippen molar-refractivity contribution in [2.24, 2.45) is 0 Å². The summed E-state index contributed by atoms with van der Waals surface area (Å²) in [6.45, 7) is 2.14. The van der Waals surface area contributed by atoms with E-state index >= 15 is 0 Å². The van der Waals surface area contributed by atoms with Gasteiger partial charge in [0.25, 0.3) is 5.56 Å². The number of aromatic nitrogens is 3. The van der Waals surface area contributed by atoms with Crippen LogP contribution in [0.1, 0.15) is 12.5 Å². The largest absolute Gasteiger partial charge is 0.313 e. The van der Waals surface area contributed by atoms with Gasteiger partial charge >= 0.3 is 0 Å². The number of aryl methyl sites for hydroxylation is 1. The Morgan fingerprint density at radius 1 is 1.18 bits per heavy atom. The van der Waals surface area contributed by atoms with Gasteiger partial charge in [0.05, 0.1) is 22.1 Å². The van der Waals surface area contributed by atoms with Crippen LogP contribution >= 0.6 is 11.5 Å². The summed E-state index contributed by atoms with van der Waals surface area (Å²) in [5.41, 5.74) is 5.04. The van der Waals surface area contributed by atoms with E-state index in [1.807, 2.05) is 6.07 Å². The number of H-pyrrole nitrogens is 1. The zero-order chi connectivity index (χ0) is 15.1. The quantitative estimate of drug-likeness (QED) is 0.614. The monoisotopic (exact) mass is 307 g/mol. The van der Waals surface area contributed by atoms with Crippen molar-refractivity contribution in [2.45, 2.75) is 13.3 Å². The maximum Gasteiger partial charge on any atom is 0.260 e. The van der Waals surface area contributed by atoms with E-state index < -0.39 is 0 Å². The van der Waals surface area contributed by atoms with Crippen LogP contribution in [0, 0.1) is 0 Å². The zero-order valence-corrected chi connectivity index (χ0v) is 12.8. The number of aromatic amines is 1. The average molecular weight is 307 g/mol. The lowest BCUT2D eigenvalue weighted by molar-refractivity contribution is 1.14. The summed E-state index contributed by atoms with van der Waals surface area (Å²) in [7, 11) is 0. The summed E-state index contributed by atoms with van der Waals surface area (Å²) in [5.74, 6) is 0. The molecule has 0 saturated carbocycles. The predicted molar refractivity (Wildman–Crippen MR) is 89.5 cm³/mol. The van der Waals surface area contributed by atoms with Crippen molar-refractivity contribution in [3.05, 3.63) is 58.8 Å². The molecular weight excluding hydrogens is 294 g/mol. The summed E-state index contributed by atoms with van der Waals surface area (Å²) in [4.78, 5) is 20.2. The van der Waals surface area contributed by atoms with Crippen LogP contribution < -0.4 is 5.56 Å². The van der Waals surface area contributed by atoms with Gasteiger partial charge in [0, 0.05) is 17.3 Å². The van der Waals surface area contributed by atoms with Gasteiger partial charge < -0.3 is 4.98 Å². The van der Waals surface area contributed by atoms with E-state index in [4.69, 9.17) is 0 Å². The van der Waals surface area contributed by atoms with Crippen LogP contribution in [0.3, 0.4) is 0 Å². The molecule has 1 aromatic heterocycles.